The lowest BCUT2D eigenvalue weighted by Crippen LogP contribution is -2.53. The fourth-order valence-electron chi connectivity index (χ4n) is 3.99. The van der Waals surface area contributed by atoms with E-state index < -0.39 is 36.2 Å². The first-order chi connectivity index (χ1) is 16.2. The highest BCUT2D eigenvalue weighted by Gasteiger charge is 2.35. The maximum Gasteiger partial charge on any atom is 0.303 e. The van der Waals surface area contributed by atoms with Gasteiger partial charge >= 0.3 is 17.9 Å². The van der Waals surface area contributed by atoms with E-state index in [4.69, 9.17) is 14.2 Å². The third-order valence-corrected chi connectivity index (χ3v) is 5.58. The van der Waals surface area contributed by atoms with Gasteiger partial charge in [0.1, 0.15) is 18.8 Å². The summed E-state index contributed by atoms with van der Waals surface area (Å²) in [5, 5.41) is 2.66. The van der Waals surface area contributed by atoms with Crippen LogP contribution in [0.3, 0.4) is 0 Å². The predicted molar refractivity (Wildman–Crippen MR) is 131 cm³/mol. The normalized spacial score (nSPS) is 13.4. The molecule has 198 valence electrons. The van der Waals surface area contributed by atoms with Crippen LogP contribution in [0.1, 0.15) is 118 Å². The molecule has 0 spiro atoms. The molecule has 0 radical (unpaired) electrons. The maximum atomic E-state index is 11.8. The molecule has 0 heterocycles. The Labute approximate surface area is 205 Å². The van der Waals surface area contributed by atoms with Gasteiger partial charge in [-0.25, -0.2) is 0 Å². The van der Waals surface area contributed by atoms with Gasteiger partial charge in [-0.1, -0.05) is 77.6 Å². The number of hydrogen-bond acceptors (Lipinski definition) is 7. The van der Waals surface area contributed by atoms with Crippen molar-refractivity contribution in [3.05, 3.63) is 0 Å². The monoisotopic (exact) mass is 485 g/mol. The van der Waals surface area contributed by atoms with Crippen LogP contribution in [0.4, 0.5) is 0 Å². The topological polar surface area (TPSA) is 108 Å². The fourth-order valence-corrected chi connectivity index (χ4v) is 3.99. The Kier molecular flexibility index (Phi) is 19.0. The molecule has 0 aromatic carbocycles. The maximum absolute atomic E-state index is 11.8. The van der Waals surface area contributed by atoms with E-state index in [-0.39, 0.29) is 12.5 Å². The second-order valence-electron chi connectivity index (χ2n) is 9.01. The largest absolute Gasteiger partial charge is 0.464 e. The summed E-state index contributed by atoms with van der Waals surface area (Å²) in [7, 11) is 0. The van der Waals surface area contributed by atoms with Gasteiger partial charge in [-0.05, 0) is 12.8 Å². The molecular weight excluding hydrogens is 438 g/mol. The van der Waals surface area contributed by atoms with Gasteiger partial charge in [0.05, 0.1) is 0 Å². The quantitative estimate of drug-likeness (QED) is 0.147. The average molecular weight is 486 g/mol. The van der Waals surface area contributed by atoms with Crippen molar-refractivity contribution in [2.75, 3.05) is 6.61 Å². The van der Waals surface area contributed by atoms with Gasteiger partial charge in [-0.2, -0.15) is 0 Å². The molecule has 1 amide bonds. The minimum absolute atomic E-state index is 0.191. The van der Waals surface area contributed by atoms with Crippen molar-refractivity contribution < 1.29 is 33.4 Å². The lowest BCUT2D eigenvalue weighted by atomic mass is 9.98. The summed E-state index contributed by atoms with van der Waals surface area (Å²) >= 11 is 0. The van der Waals surface area contributed by atoms with Crippen LogP contribution in [-0.4, -0.2) is 48.7 Å². The smallest absolute Gasteiger partial charge is 0.303 e. The minimum atomic E-state index is -0.961. The lowest BCUT2D eigenvalue weighted by Gasteiger charge is -2.32. The molecule has 34 heavy (non-hydrogen) atoms. The SMILES string of the molecule is CCCCCCCCCCCCCCC(OC(C)=O)C(OC(C)=O)C(COC(C)=O)NC(C)=O. The van der Waals surface area contributed by atoms with Crippen LogP contribution in [0, 0.1) is 0 Å². The molecule has 8 heteroatoms. The second kappa shape index (κ2) is 20.3. The number of esters is 3. The Morgan fingerprint density at radius 2 is 1.12 bits per heavy atom. The average Bonchev–Trinajstić information content (AvgIpc) is 2.74. The summed E-state index contributed by atoms with van der Waals surface area (Å²) in [6.07, 6.45) is 13.2. The number of unbranched alkanes of at least 4 members (excludes halogenated alkanes) is 11. The summed E-state index contributed by atoms with van der Waals surface area (Å²) in [4.78, 5) is 46.5. The van der Waals surface area contributed by atoms with Crippen LogP contribution in [0.15, 0.2) is 0 Å². The van der Waals surface area contributed by atoms with Crippen molar-refractivity contribution in [3.63, 3.8) is 0 Å². The molecule has 0 saturated heterocycles. The number of rotatable bonds is 20. The summed E-state index contributed by atoms with van der Waals surface area (Å²) < 4.78 is 16.0. The molecule has 1 N–H and O–H groups in total. The highest BCUT2D eigenvalue weighted by Crippen LogP contribution is 2.19. The van der Waals surface area contributed by atoms with Crippen LogP contribution >= 0.6 is 0 Å². The molecule has 0 aromatic heterocycles. The zero-order valence-electron chi connectivity index (χ0n) is 22.0. The van der Waals surface area contributed by atoms with Gasteiger partial charge in [-0.15, -0.1) is 0 Å². The Morgan fingerprint density at radius 1 is 0.647 bits per heavy atom. The molecule has 8 nitrogen and oxygen atoms in total. The molecule has 0 bridgehead atoms. The summed E-state index contributed by atoms with van der Waals surface area (Å²) in [6.45, 7) is 7.15. The first-order valence-corrected chi connectivity index (χ1v) is 12.9. The van der Waals surface area contributed by atoms with Gasteiger partial charge in [0.25, 0.3) is 0 Å². The van der Waals surface area contributed by atoms with E-state index in [2.05, 4.69) is 12.2 Å². The minimum Gasteiger partial charge on any atom is -0.464 e. The lowest BCUT2D eigenvalue weighted by molar-refractivity contribution is -0.171. The van der Waals surface area contributed by atoms with E-state index in [9.17, 15) is 19.2 Å². The van der Waals surface area contributed by atoms with Crippen molar-refractivity contribution >= 4 is 23.8 Å². The number of carbonyl (C=O) groups is 4. The van der Waals surface area contributed by atoms with Gasteiger partial charge in [0.2, 0.25) is 5.91 Å². The second-order valence-corrected chi connectivity index (χ2v) is 9.01. The van der Waals surface area contributed by atoms with Crippen LogP contribution in [0.2, 0.25) is 0 Å². The first-order valence-electron chi connectivity index (χ1n) is 12.9. The van der Waals surface area contributed by atoms with E-state index in [1.54, 1.807) is 0 Å². The number of nitrogens with one attached hydrogen (secondary N) is 1. The van der Waals surface area contributed by atoms with Crippen molar-refractivity contribution in [3.8, 4) is 0 Å². The van der Waals surface area contributed by atoms with Gasteiger partial charge in [0.15, 0.2) is 6.10 Å². The zero-order chi connectivity index (χ0) is 25.8. The van der Waals surface area contributed by atoms with Gasteiger partial charge in [-0.3, -0.25) is 19.2 Å². The van der Waals surface area contributed by atoms with Crippen LogP contribution < -0.4 is 5.32 Å². The highest BCUT2D eigenvalue weighted by atomic mass is 16.6. The fraction of sp³-hybridized carbons (Fsp3) is 0.846. The van der Waals surface area contributed by atoms with E-state index in [1.165, 1.54) is 85.5 Å². The van der Waals surface area contributed by atoms with Gasteiger partial charge < -0.3 is 19.5 Å². The Hall–Kier alpha value is -2.12. The summed E-state index contributed by atoms with van der Waals surface area (Å²) in [6, 6.07) is -0.827. The van der Waals surface area contributed by atoms with E-state index in [0.29, 0.717) is 6.42 Å². The molecule has 0 aliphatic heterocycles. The standard InChI is InChI=1S/C26H47NO7/c1-6-7-8-9-10-11-12-13-14-15-16-17-18-25(33-22(4)30)26(34-23(5)31)24(27-20(2)28)19-32-21(3)29/h24-26H,6-19H2,1-5H3,(H,27,28). The van der Waals surface area contributed by atoms with Crippen LogP contribution in [0.5, 0.6) is 0 Å². The third-order valence-electron chi connectivity index (χ3n) is 5.58. The molecule has 0 aromatic rings. The molecule has 0 aliphatic rings. The van der Waals surface area contributed by atoms with Crippen molar-refractivity contribution in [2.24, 2.45) is 0 Å². The van der Waals surface area contributed by atoms with Gasteiger partial charge in [0, 0.05) is 27.7 Å². The van der Waals surface area contributed by atoms with E-state index in [0.717, 1.165) is 19.3 Å². The number of amides is 1. The highest BCUT2D eigenvalue weighted by molar-refractivity contribution is 5.73. The molecule has 0 fully saturated rings. The molecule has 0 saturated carbocycles. The molecule has 3 unspecified atom stereocenters. The molecule has 0 aliphatic carbocycles. The zero-order valence-corrected chi connectivity index (χ0v) is 22.0. The Balaban J connectivity index is 4.72. The van der Waals surface area contributed by atoms with E-state index >= 15 is 0 Å². The number of ether oxygens (including phenoxy) is 3. The van der Waals surface area contributed by atoms with Crippen LogP contribution in [0.25, 0.3) is 0 Å². The molecular formula is C26H47NO7. The Bertz CT molecular complexity index is 594. The Morgan fingerprint density at radius 3 is 1.53 bits per heavy atom. The summed E-state index contributed by atoms with van der Waals surface area (Å²) in [5.41, 5.74) is 0. The predicted octanol–water partition coefficient (Wildman–Crippen LogP) is 5.01. The number of hydrogen-bond donors (Lipinski definition) is 1. The molecule has 3 atom stereocenters. The molecule has 0 rings (SSSR count). The van der Waals surface area contributed by atoms with Crippen molar-refractivity contribution in [1.82, 2.24) is 5.32 Å². The van der Waals surface area contributed by atoms with Crippen LogP contribution in [-0.2, 0) is 33.4 Å². The number of carbonyl (C=O) groups excluding carboxylic acids is 4. The summed E-state index contributed by atoms with van der Waals surface area (Å²) in [5.74, 6) is -1.98. The van der Waals surface area contributed by atoms with E-state index in [1.807, 2.05) is 0 Å². The first kappa shape index (κ1) is 31.9. The van der Waals surface area contributed by atoms with Crippen molar-refractivity contribution in [2.45, 2.75) is 136 Å². The van der Waals surface area contributed by atoms with Crippen molar-refractivity contribution in [1.29, 1.82) is 0 Å². The third kappa shape index (κ3) is 18.3.